The van der Waals surface area contributed by atoms with Crippen LogP contribution in [0.3, 0.4) is 0 Å². The van der Waals surface area contributed by atoms with Gasteiger partial charge < -0.3 is 14.1 Å². The number of nitrogens with zero attached hydrogens (tertiary/aromatic N) is 1. The van der Waals surface area contributed by atoms with Crippen molar-refractivity contribution in [1.29, 1.82) is 0 Å². The lowest BCUT2D eigenvalue weighted by molar-refractivity contribution is -0.0228. The lowest BCUT2D eigenvalue weighted by atomic mass is 10.0. The van der Waals surface area contributed by atoms with Crippen LogP contribution in [0.25, 0.3) is 0 Å². The summed E-state index contributed by atoms with van der Waals surface area (Å²) in [6, 6.07) is 6.65. The van der Waals surface area contributed by atoms with Gasteiger partial charge in [-0.3, -0.25) is 4.79 Å². The third-order valence-electron chi connectivity index (χ3n) is 3.88. The predicted molar refractivity (Wildman–Crippen MR) is 79.2 cm³/mol. The number of hydrogen-bond acceptors (Lipinski definition) is 3. The maximum atomic E-state index is 13.4. The van der Waals surface area contributed by atoms with Gasteiger partial charge in [0.1, 0.15) is 23.9 Å². The fourth-order valence-electron chi connectivity index (χ4n) is 2.64. The topological polar surface area (TPSA) is 42.7 Å². The Labute approximate surface area is 128 Å². The second-order valence-corrected chi connectivity index (χ2v) is 5.57. The minimum Gasteiger partial charge on any atom is -0.469 e. The number of aryl methyl sites for hydroxylation is 2. The normalized spacial score (nSPS) is 18.5. The molecule has 2 aromatic rings. The Balaban J connectivity index is 1.76. The van der Waals surface area contributed by atoms with Gasteiger partial charge >= 0.3 is 0 Å². The summed E-state index contributed by atoms with van der Waals surface area (Å²) in [6.07, 6.45) is 1.24. The zero-order valence-corrected chi connectivity index (χ0v) is 12.6. The molecule has 0 N–H and O–H groups in total. The third-order valence-corrected chi connectivity index (χ3v) is 3.88. The molecule has 0 saturated carbocycles. The molecule has 5 heteroatoms. The van der Waals surface area contributed by atoms with Gasteiger partial charge in [0.2, 0.25) is 0 Å². The molecule has 1 atom stereocenters. The molecule has 3 rings (SSSR count). The summed E-state index contributed by atoms with van der Waals surface area (Å²) in [4.78, 5) is 14.2. The first-order valence-corrected chi connectivity index (χ1v) is 7.26. The van der Waals surface area contributed by atoms with E-state index in [1.54, 1.807) is 36.9 Å². The molecule has 1 fully saturated rings. The zero-order chi connectivity index (χ0) is 15.7. The molecule has 22 heavy (non-hydrogen) atoms. The monoisotopic (exact) mass is 303 g/mol. The van der Waals surface area contributed by atoms with E-state index in [1.165, 1.54) is 12.3 Å². The van der Waals surface area contributed by atoms with Crippen molar-refractivity contribution in [2.45, 2.75) is 20.0 Å². The number of halogens is 1. The first-order valence-electron chi connectivity index (χ1n) is 7.26. The van der Waals surface area contributed by atoms with Gasteiger partial charge in [-0.1, -0.05) is 12.1 Å². The van der Waals surface area contributed by atoms with Gasteiger partial charge in [0.15, 0.2) is 0 Å². The van der Waals surface area contributed by atoms with Crippen LogP contribution in [-0.4, -0.2) is 30.5 Å². The summed E-state index contributed by atoms with van der Waals surface area (Å²) in [7, 11) is 0. The van der Waals surface area contributed by atoms with Crippen LogP contribution in [0.1, 0.15) is 33.3 Å². The molecule has 4 nitrogen and oxygen atoms in total. The number of benzene rings is 1. The van der Waals surface area contributed by atoms with Crippen molar-refractivity contribution in [2.75, 3.05) is 19.7 Å². The standard InChI is InChI=1S/C17H18FNO3/c1-11-7-13(3-4-15(11)18)16-9-19(5-6-21-16)17(20)14-8-12(2)22-10-14/h3-4,7-8,10,16H,5-6,9H2,1-2H3. The number of carbonyl (C=O) groups excluding carboxylic acids is 1. The van der Waals surface area contributed by atoms with Crippen LogP contribution in [0.4, 0.5) is 4.39 Å². The first-order chi connectivity index (χ1) is 10.5. The largest absolute Gasteiger partial charge is 0.469 e. The van der Waals surface area contributed by atoms with E-state index in [1.807, 2.05) is 0 Å². The van der Waals surface area contributed by atoms with Gasteiger partial charge in [0.25, 0.3) is 5.91 Å². The number of rotatable bonds is 2. The molecule has 0 radical (unpaired) electrons. The van der Waals surface area contributed by atoms with E-state index in [4.69, 9.17) is 9.15 Å². The zero-order valence-electron chi connectivity index (χ0n) is 12.6. The fourth-order valence-corrected chi connectivity index (χ4v) is 2.64. The van der Waals surface area contributed by atoms with E-state index in [2.05, 4.69) is 0 Å². The molecule has 0 bridgehead atoms. The summed E-state index contributed by atoms with van der Waals surface area (Å²) in [6.45, 7) is 4.98. The molecule has 0 aliphatic carbocycles. The molecule has 1 aromatic heterocycles. The smallest absolute Gasteiger partial charge is 0.257 e. The maximum absolute atomic E-state index is 13.4. The Morgan fingerprint density at radius 3 is 2.82 bits per heavy atom. The molecular weight excluding hydrogens is 285 g/mol. The number of carbonyl (C=O) groups is 1. The van der Waals surface area contributed by atoms with E-state index in [0.717, 1.165) is 5.56 Å². The van der Waals surface area contributed by atoms with E-state index >= 15 is 0 Å². The van der Waals surface area contributed by atoms with Gasteiger partial charge in [-0.25, -0.2) is 4.39 Å². The van der Waals surface area contributed by atoms with Crippen LogP contribution in [-0.2, 0) is 4.74 Å². The van der Waals surface area contributed by atoms with Gasteiger partial charge in [-0.15, -0.1) is 0 Å². The minimum absolute atomic E-state index is 0.0658. The van der Waals surface area contributed by atoms with Crippen molar-refractivity contribution in [3.05, 3.63) is 58.8 Å². The van der Waals surface area contributed by atoms with Crippen LogP contribution in [0.2, 0.25) is 0 Å². The van der Waals surface area contributed by atoms with Crippen LogP contribution in [0.15, 0.2) is 34.9 Å². The van der Waals surface area contributed by atoms with Gasteiger partial charge in [-0.05, 0) is 37.1 Å². The van der Waals surface area contributed by atoms with Crippen molar-refractivity contribution < 1.29 is 18.3 Å². The van der Waals surface area contributed by atoms with Crippen molar-refractivity contribution in [3.63, 3.8) is 0 Å². The summed E-state index contributed by atoms with van der Waals surface area (Å²) in [5, 5.41) is 0. The Morgan fingerprint density at radius 2 is 2.14 bits per heavy atom. The molecular formula is C17H18FNO3. The number of morpholine rings is 1. The predicted octanol–water partition coefficient (Wildman–Crippen LogP) is 3.25. The third kappa shape index (κ3) is 2.90. The molecule has 116 valence electrons. The van der Waals surface area contributed by atoms with Gasteiger partial charge in [-0.2, -0.15) is 0 Å². The summed E-state index contributed by atoms with van der Waals surface area (Å²) >= 11 is 0. The van der Waals surface area contributed by atoms with Crippen LogP contribution < -0.4 is 0 Å². The molecule has 0 spiro atoms. The highest BCUT2D eigenvalue weighted by molar-refractivity contribution is 5.94. The maximum Gasteiger partial charge on any atom is 0.257 e. The molecule has 1 aliphatic rings. The molecule has 1 aromatic carbocycles. The van der Waals surface area contributed by atoms with Gasteiger partial charge in [0, 0.05) is 6.54 Å². The Hall–Kier alpha value is -2.14. The van der Waals surface area contributed by atoms with Gasteiger partial charge in [0.05, 0.1) is 18.7 Å². The Morgan fingerprint density at radius 1 is 1.32 bits per heavy atom. The number of ether oxygens (including phenoxy) is 1. The van der Waals surface area contributed by atoms with Crippen LogP contribution in [0.5, 0.6) is 0 Å². The van der Waals surface area contributed by atoms with E-state index in [9.17, 15) is 9.18 Å². The molecule has 1 aliphatic heterocycles. The van der Waals surface area contributed by atoms with Crippen molar-refractivity contribution in [2.24, 2.45) is 0 Å². The highest BCUT2D eigenvalue weighted by Gasteiger charge is 2.27. The first kappa shape index (κ1) is 14.8. The van der Waals surface area contributed by atoms with E-state index in [-0.39, 0.29) is 17.8 Å². The average Bonchev–Trinajstić information content (AvgIpc) is 2.96. The second-order valence-electron chi connectivity index (χ2n) is 5.57. The lowest BCUT2D eigenvalue weighted by Crippen LogP contribution is -2.42. The van der Waals surface area contributed by atoms with Crippen molar-refractivity contribution in [1.82, 2.24) is 4.90 Å². The average molecular weight is 303 g/mol. The van der Waals surface area contributed by atoms with E-state index in [0.29, 0.717) is 36.6 Å². The second kappa shape index (κ2) is 5.93. The molecule has 1 unspecified atom stereocenters. The van der Waals surface area contributed by atoms with Crippen molar-refractivity contribution >= 4 is 5.91 Å². The highest BCUT2D eigenvalue weighted by atomic mass is 19.1. The number of hydrogen-bond donors (Lipinski definition) is 0. The summed E-state index contributed by atoms with van der Waals surface area (Å²) in [5.41, 5.74) is 2.02. The number of furan rings is 1. The molecule has 1 amide bonds. The molecule has 2 heterocycles. The lowest BCUT2D eigenvalue weighted by Gasteiger charge is -2.33. The van der Waals surface area contributed by atoms with E-state index < -0.39 is 0 Å². The Kier molecular flexibility index (Phi) is 3.98. The SMILES string of the molecule is Cc1cc(C(=O)N2CCOC(c3ccc(F)c(C)c3)C2)co1. The Bertz CT molecular complexity index is 695. The highest BCUT2D eigenvalue weighted by Crippen LogP contribution is 2.25. The molecule has 1 saturated heterocycles. The summed E-state index contributed by atoms with van der Waals surface area (Å²) in [5.74, 6) is 0.410. The fraction of sp³-hybridized carbons (Fsp3) is 0.353. The van der Waals surface area contributed by atoms with Crippen molar-refractivity contribution in [3.8, 4) is 0 Å². The minimum atomic E-state index is -0.235. The number of amides is 1. The van der Waals surface area contributed by atoms with Crippen LogP contribution in [0, 0.1) is 19.7 Å². The summed E-state index contributed by atoms with van der Waals surface area (Å²) < 4.78 is 24.3. The quantitative estimate of drug-likeness (QED) is 0.855. The van der Waals surface area contributed by atoms with Crippen LogP contribution >= 0.6 is 0 Å².